The maximum Gasteiger partial charge on any atom is 0.250 e. The molecule has 0 saturated carbocycles. The largest absolute Gasteiger partial charge is 0.497 e. The van der Waals surface area contributed by atoms with E-state index in [0.717, 1.165) is 43.4 Å². The molecule has 1 unspecified atom stereocenters. The van der Waals surface area contributed by atoms with Crippen molar-refractivity contribution >= 4 is 27.0 Å². The molecule has 7 nitrogen and oxygen atoms in total. The first-order chi connectivity index (χ1) is 14.6. The van der Waals surface area contributed by atoms with Gasteiger partial charge in [0.05, 0.1) is 19.4 Å². The quantitative estimate of drug-likeness (QED) is 0.572. The number of thiophene rings is 1. The number of furan rings is 1. The van der Waals surface area contributed by atoms with Crippen LogP contribution in [-0.4, -0.2) is 53.2 Å². The number of anilines is 1. The maximum absolute atomic E-state index is 12.6. The van der Waals surface area contributed by atoms with Crippen LogP contribution in [0.25, 0.3) is 0 Å². The van der Waals surface area contributed by atoms with Gasteiger partial charge in [0, 0.05) is 38.4 Å². The number of piperazine rings is 1. The number of hydrogen-bond donors (Lipinski definition) is 1. The predicted octanol–water partition coefficient (Wildman–Crippen LogP) is 3.19. The number of methoxy groups -OCH3 is 1. The molecule has 3 aromatic rings. The Labute approximate surface area is 180 Å². The van der Waals surface area contributed by atoms with Crippen LogP contribution in [0.4, 0.5) is 5.69 Å². The Bertz CT molecular complexity index is 1010. The summed E-state index contributed by atoms with van der Waals surface area (Å²) in [7, 11) is -1.86. The SMILES string of the molecule is COc1ccc(N2CCN(C(CNS(=O)(=O)c3cccs3)c3ccco3)CC2)cc1. The Morgan fingerprint density at radius 1 is 1.10 bits per heavy atom. The molecule has 1 aliphatic heterocycles. The van der Waals surface area contributed by atoms with E-state index >= 15 is 0 Å². The number of nitrogens with zero attached hydrogens (tertiary/aromatic N) is 2. The molecule has 4 rings (SSSR count). The van der Waals surface area contributed by atoms with Gasteiger partial charge >= 0.3 is 0 Å². The summed E-state index contributed by atoms with van der Waals surface area (Å²) < 4.78 is 39.1. The van der Waals surface area contributed by atoms with Crippen molar-refractivity contribution in [2.75, 3.05) is 44.7 Å². The van der Waals surface area contributed by atoms with Gasteiger partial charge in [0.25, 0.3) is 0 Å². The Morgan fingerprint density at radius 3 is 2.47 bits per heavy atom. The summed E-state index contributed by atoms with van der Waals surface area (Å²) in [5.41, 5.74) is 1.16. The topological polar surface area (TPSA) is 75.0 Å². The van der Waals surface area contributed by atoms with Gasteiger partial charge < -0.3 is 14.1 Å². The van der Waals surface area contributed by atoms with Gasteiger partial charge in [-0.05, 0) is 47.8 Å². The Hall–Kier alpha value is -2.33. The lowest BCUT2D eigenvalue weighted by atomic mass is 10.1. The highest BCUT2D eigenvalue weighted by atomic mass is 32.2. The molecule has 30 heavy (non-hydrogen) atoms. The van der Waals surface area contributed by atoms with Crippen LogP contribution in [0.5, 0.6) is 5.75 Å². The fourth-order valence-corrected chi connectivity index (χ4v) is 5.73. The summed E-state index contributed by atoms with van der Waals surface area (Å²) >= 11 is 1.21. The summed E-state index contributed by atoms with van der Waals surface area (Å²) in [6.07, 6.45) is 1.63. The number of rotatable bonds is 8. The van der Waals surface area contributed by atoms with Gasteiger partial charge in [-0.3, -0.25) is 4.90 Å². The summed E-state index contributed by atoms with van der Waals surface area (Å²) in [4.78, 5) is 4.60. The number of nitrogens with one attached hydrogen (secondary N) is 1. The van der Waals surface area contributed by atoms with Crippen LogP contribution in [0, 0.1) is 0 Å². The average Bonchev–Trinajstić information content (AvgIpc) is 3.49. The second kappa shape index (κ2) is 9.22. The lowest BCUT2D eigenvalue weighted by Gasteiger charge is -2.39. The summed E-state index contributed by atoms with van der Waals surface area (Å²) in [5.74, 6) is 1.61. The van der Waals surface area contributed by atoms with Crippen LogP contribution in [0.15, 0.2) is 68.8 Å². The van der Waals surface area contributed by atoms with E-state index in [1.165, 1.54) is 11.3 Å². The van der Waals surface area contributed by atoms with E-state index in [0.29, 0.717) is 4.21 Å². The molecule has 1 aliphatic rings. The molecule has 0 aliphatic carbocycles. The minimum absolute atomic E-state index is 0.159. The number of hydrogen-bond acceptors (Lipinski definition) is 7. The molecule has 0 spiro atoms. The minimum atomic E-state index is -3.52. The van der Waals surface area contributed by atoms with Crippen LogP contribution in [-0.2, 0) is 10.0 Å². The molecule has 1 aromatic carbocycles. The van der Waals surface area contributed by atoms with Crippen molar-refractivity contribution in [2.45, 2.75) is 10.3 Å². The van der Waals surface area contributed by atoms with Crippen LogP contribution in [0.3, 0.4) is 0 Å². The molecule has 0 bridgehead atoms. The molecule has 3 heterocycles. The highest BCUT2D eigenvalue weighted by molar-refractivity contribution is 7.91. The zero-order chi connectivity index (χ0) is 21.0. The van der Waals surface area contributed by atoms with Crippen molar-refractivity contribution in [3.8, 4) is 5.75 Å². The monoisotopic (exact) mass is 447 g/mol. The van der Waals surface area contributed by atoms with E-state index in [-0.39, 0.29) is 12.6 Å². The van der Waals surface area contributed by atoms with E-state index in [9.17, 15) is 8.42 Å². The van der Waals surface area contributed by atoms with Gasteiger partial charge in [-0.15, -0.1) is 11.3 Å². The van der Waals surface area contributed by atoms with Crippen molar-refractivity contribution in [1.29, 1.82) is 0 Å². The van der Waals surface area contributed by atoms with E-state index in [1.807, 2.05) is 24.3 Å². The lowest BCUT2D eigenvalue weighted by molar-refractivity contribution is 0.166. The fourth-order valence-electron chi connectivity index (χ4n) is 3.65. The van der Waals surface area contributed by atoms with Crippen molar-refractivity contribution in [1.82, 2.24) is 9.62 Å². The first-order valence-corrected chi connectivity index (χ1v) is 12.1. The van der Waals surface area contributed by atoms with Crippen molar-refractivity contribution in [3.63, 3.8) is 0 Å². The summed E-state index contributed by atoms with van der Waals surface area (Å²) in [6, 6.07) is 15.0. The minimum Gasteiger partial charge on any atom is -0.497 e. The van der Waals surface area contributed by atoms with Gasteiger partial charge in [0.15, 0.2) is 0 Å². The molecule has 0 amide bonds. The van der Waals surface area contributed by atoms with E-state index in [4.69, 9.17) is 9.15 Å². The summed E-state index contributed by atoms with van der Waals surface area (Å²) in [5, 5.41) is 1.76. The van der Waals surface area contributed by atoms with Crippen LogP contribution < -0.4 is 14.4 Å². The summed E-state index contributed by atoms with van der Waals surface area (Å²) in [6.45, 7) is 3.56. The van der Waals surface area contributed by atoms with Crippen molar-refractivity contribution < 1.29 is 17.6 Å². The fraction of sp³-hybridized carbons (Fsp3) is 0.333. The molecular formula is C21H25N3O4S2. The zero-order valence-electron chi connectivity index (χ0n) is 16.7. The normalized spacial score (nSPS) is 16.5. The van der Waals surface area contributed by atoms with Gasteiger partial charge in [0.2, 0.25) is 10.0 Å². The highest BCUT2D eigenvalue weighted by Crippen LogP contribution is 2.26. The Kier molecular flexibility index (Phi) is 6.43. The smallest absolute Gasteiger partial charge is 0.250 e. The van der Waals surface area contributed by atoms with Gasteiger partial charge in [0.1, 0.15) is 15.7 Å². The van der Waals surface area contributed by atoms with Gasteiger partial charge in [-0.25, -0.2) is 13.1 Å². The Balaban J connectivity index is 1.42. The standard InChI is InChI=1S/C21H25N3O4S2/c1-27-18-8-6-17(7-9-18)23-10-12-24(13-11-23)19(20-4-2-14-28-20)16-22-30(25,26)21-5-3-15-29-21/h2-9,14-15,19,22H,10-13,16H2,1H3. The van der Waals surface area contributed by atoms with E-state index in [1.54, 1.807) is 30.9 Å². The molecular weight excluding hydrogens is 422 g/mol. The zero-order valence-corrected chi connectivity index (χ0v) is 18.4. The third-order valence-electron chi connectivity index (χ3n) is 5.29. The van der Waals surface area contributed by atoms with Crippen molar-refractivity contribution in [2.24, 2.45) is 0 Å². The highest BCUT2D eigenvalue weighted by Gasteiger charge is 2.28. The first-order valence-electron chi connectivity index (χ1n) is 9.76. The molecule has 1 N–H and O–H groups in total. The molecule has 160 valence electrons. The third-order valence-corrected chi connectivity index (χ3v) is 8.11. The molecule has 1 saturated heterocycles. The molecule has 1 atom stereocenters. The third kappa shape index (κ3) is 4.70. The van der Waals surface area contributed by atoms with Gasteiger partial charge in [-0.2, -0.15) is 0 Å². The molecule has 2 aromatic heterocycles. The van der Waals surface area contributed by atoms with Crippen molar-refractivity contribution in [3.05, 3.63) is 65.9 Å². The first kappa shape index (κ1) is 20.9. The van der Waals surface area contributed by atoms with E-state index < -0.39 is 10.0 Å². The molecule has 9 heteroatoms. The Morgan fingerprint density at radius 2 is 1.87 bits per heavy atom. The van der Waals surface area contributed by atoms with Crippen LogP contribution in [0.2, 0.25) is 0 Å². The van der Waals surface area contributed by atoms with E-state index in [2.05, 4.69) is 26.7 Å². The molecule has 1 fully saturated rings. The second-order valence-corrected chi connectivity index (χ2v) is 9.98. The number of benzene rings is 1. The van der Waals surface area contributed by atoms with Gasteiger partial charge in [-0.1, -0.05) is 6.07 Å². The van der Waals surface area contributed by atoms with Crippen LogP contribution >= 0.6 is 11.3 Å². The lowest BCUT2D eigenvalue weighted by Crippen LogP contribution is -2.49. The second-order valence-electron chi connectivity index (χ2n) is 7.04. The number of ether oxygens (including phenoxy) is 1. The maximum atomic E-state index is 12.6. The van der Waals surface area contributed by atoms with Crippen LogP contribution in [0.1, 0.15) is 11.8 Å². The molecule has 0 radical (unpaired) electrons. The number of sulfonamides is 1. The predicted molar refractivity (Wildman–Crippen MR) is 118 cm³/mol. The average molecular weight is 448 g/mol.